The van der Waals surface area contributed by atoms with Gasteiger partial charge in [-0.05, 0) is 35.6 Å². The number of hydrogen-bond acceptors (Lipinski definition) is 3. The highest BCUT2D eigenvalue weighted by molar-refractivity contribution is 14.0. The van der Waals surface area contributed by atoms with Crippen LogP contribution in [0, 0.1) is 0 Å². The normalized spacial score (nSPS) is 10.8. The minimum Gasteiger partial charge on any atom is -0.356 e. The molecular weight excluding hydrogens is 483 g/mol. The molecule has 0 aliphatic carbocycles. The summed E-state index contributed by atoms with van der Waals surface area (Å²) >= 11 is 7.69. The number of hydrogen-bond donors (Lipinski definition) is 2. The molecular formula is C18H24ClIN4OS. The molecule has 142 valence electrons. The molecule has 0 atom stereocenters. The van der Waals surface area contributed by atoms with Gasteiger partial charge in [-0.2, -0.15) is 0 Å². The van der Waals surface area contributed by atoms with E-state index >= 15 is 0 Å². The third-order valence-corrected chi connectivity index (χ3v) is 4.59. The van der Waals surface area contributed by atoms with Crippen LogP contribution in [0.2, 0.25) is 5.02 Å². The van der Waals surface area contributed by atoms with Crippen LogP contribution in [-0.4, -0.2) is 44.0 Å². The first-order valence-corrected chi connectivity index (χ1v) is 9.29. The van der Waals surface area contributed by atoms with Crippen LogP contribution in [0.3, 0.4) is 0 Å². The monoisotopic (exact) mass is 506 g/mol. The fraction of sp³-hybridized carbons (Fsp3) is 0.333. The second-order valence-electron chi connectivity index (χ2n) is 5.69. The molecule has 1 heterocycles. The molecule has 2 aromatic rings. The first-order valence-electron chi connectivity index (χ1n) is 8.04. The van der Waals surface area contributed by atoms with Crippen molar-refractivity contribution in [3.05, 3.63) is 57.2 Å². The van der Waals surface area contributed by atoms with Gasteiger partial charge < -0.3 is 15.5 Å². The fourth-order valence-corrected chi connectivity index (χ4v) is 2.92. The maximum absolute atomic E-state index is 11.8. The van der Waals surface area contributed by atoms with E-state index in [2.05, 4.69) is 21.7 Å². The lowest BCUT2D eigenvalue weighted by Gasteiger charge is -2.13. The quantitative estimate of drug-likeness (QED) is 0.344. The van der Waals surface area contributed by atoms with Crippen molar-refractivity contribution in [3.63, 3.8) is 0 Å². The molecule has 0 fully saturated rings. The van der Waals surface area contributed by atoms with Crippen molar-refractivity contribution in [2.75, 3.05) is 27.2 Å². The number of guanidine groups is 1. The Morgan fingerprint density at radius 1 is 1.23 bits per heavy atom. The topological polar surface area (TPSA) is 56.7 Å². The lowest BCUT2D eigenvalue weighted by molar-refractivity contribution is -0.127. The highest BCUT2D eigenvalue weighted by Crippen LogP contribution is 2.10. The predicted octanol–water partition coefficient (Wildman–Crippen LogP) is 3.39. The number of benzene rings is 1. The molecule has 5 nitrogen and oxygen atoms in total. The van der Waals surface area contributed by atoms with Crippen LogP contribution in [0.25, 0.3) is 0 Å². The van der Waals surface area contributed by atoms with Gasteiger partial charge in [-0.3, -0.25) is 4.79 Å². The second-order valence-corrected chi connectivity index (χ2v) is 7.16. The van der Waals surface area contributed by atoms with E-state index in [1.165, 1.54) is 9.78 Å². The van der Waals surface area contributed by atoms with Crippen molar-refractivity contribution in [1.29, 1.82) is 0 Å². The Morgan fingerprint density at radius 3 is 2.69 bits per heavy atom. The van der Waals surface area contributed by atoms with E-state index in [9.17, 15) is 4.79 Å². The fourth-order valence-electron chi connectivity index (χ4n) is 2.06. The van der Waals surface area contributed by atoms with Gasteiger partial charge in [0.15, 0.2) is 5.96 Å². The third-order valence-electron chi connectivity index (χ3n) is 3.48. The molecule has 26 heavy (non-hydrogen) atoms. The summed E-state index contributed by atoms with van der Waals surface area (Å²) in [6, 6.07) is 11.9. The second kappa shape index (κ2) is 12.1. The van der Waals surface area contributed by atoms with Crippen LogP contribution in [0.1, 0.15) is 10.4 Å². The number of aliphatic imine (C=N–C) groups is 1. The van der Waals surface area contributed by atoms with Crippen LogP contribution in [0.5, 0.6) is 0 Å². The highest BCUT2D eigenvalue weighted by atomic mass is 127. The molecule has 0 aliphatic heterocycles. The minimum absolute atomic E-state index is 0. The largest absolute Gasteiger partial charge is 0.356 e. The van der Waals surface area contributed by atoms with Gasteiger partial charge in [-0.25, -0.2) is 4.99 Å². The van der Waals surface area contributed by atoms with E-state index in [-0.39, 0.29) is 36.4 Å². The number of amides is 1. The van der Waals surface area contributed by atoms with Gasteiger partial charge in [-0.15, -0.1) is 35.3 Å². The first kappa shape index (κ1) is 22.7. The molecule has 1 aromatic heterocycles. The van der Waals surface area contributed by atoms with E-state index < -0.39 is 0 Å². The smallest absolute Gasteiger partial charge is 0.243 e. The average Bonchev–Trinajstić information content (AvgIpc) is 3.10. The molecule has 2 N–H and O–H groups in total. The predicted molar refractivity (Wildman–Crippen MR) is 121 cm³/mol. The van der Waals surface area contributed by atoms with Crippen molar-refractivity contribution in [3.8, 4) is 0 Å². The Labute approximate surface area is 180 Å². The van der Waals surface area contributed by atoms with Crippen molar-refractivity contribution < 1.29 is 4.79 Å². The summed E-state index contributed by atoms with van der Waals surface area (Å²) in [5, 5.41) is 9.31. The Morgan fingerprint density at radius 2 is 2.04 bits per heavy atom. The lowest BCUT2D eigenvalue weighted by Crippen LogP contribution is -2.39. The molecule has 8 heteroatoms. The molecule has 1 aromatic carbocycles. The summed E-state index contributed by atoms with van der Waals surface area (Å²) in [6.45, 7) is 1.49. The molecule has 2 rings (SSSR count). The maximum atomic E-state index is 11.8. The van der Waals surface area contributed by atoms with E-state index in [4.69, 9.17) is 11.6 Å². The summed E-state index contributed by atoms with van der Waals surface area (Å²) in [5.41, 5.74) is 1.15. The number of nitrogens with one attached hydrogen (secondary N) is 2. The zero-order valence-electron chi connectivity index (χ0n) is 14.9. The van der Waals surface area contributed by atoms with Gasteiger partial charge in [0.25, 0.3) is 0 Å². The van der Waals surface area contributed by atoms with Gasteiger partial charge in [0.1, 0.15) is 6.54 Å². The number of carbonyl (C=O) groups excluding carboxylic acids is 1. The van der Waals surface area contributed by atoms with Gasteiger partial charge >= 0.3 is 0 Å². The van der Waals surface area contributed by atoms with E-state index in [1.807, 2.05) is 35.7 Å². The number of carbonyl (C=O) groups is 1. The Kier molecular flexibility index (Phi) is 10.6. The zero-order valence-corrected chi connectivity index (χ0v) is 18.8. The molecule has 0 bridgehead atoms. The SMILES string of the molecule is CN(C)C(=O)CN=C(NCCc1cccc(Cl)c1)NCc1cccs1.I. The Bertz CT molecular complexity index is 707. The third kappa shape index (κ3) is 8.37. The Balaban J connectivity index is 0.00000338. The van der Waals surface area contributed by atoms with E-state index in [1.54, 1.807) is 25.4 Å². The minimum atomic E-state index is -0.0351. The zero-order chi connectivity index (χ0) is 18.1. The van der Waals surface area contributed by atoms with Crippen LogP contribution < -0.4 is 10.6 Å². The number of thiophene rings is 1. The molecule has 0 saturated heterocycles. The standard InChI is InChI=1S/C18H23ClN4OS.HI/c1-23(2)17(24)13-22-18(21-12-16-7-4-10-25-16)20-9-8-14-5-3-6-15(19)11-14;/h3-7,10-11H,8-9,12-13H2,1-2H3,(H2,20,21,22);1H. The number of nitrogens with zero attached hydrogens (tertiary/aromatic N) is 2. The summed E-state index contributed by atoms with van der Waals surface area (Å²) in [4.78, 5) is 18.9. The van der Waals surface area contributed by atoms with Gasteiger partial charge in [0, 0.05) is 30.5 Å². The van der Waals surface area contributed by atoms with Gasteiger partial charge in [0.2, 0.25) is 5.91 Å². The number of rotatable bonds is 7. The molecule has 0 unspecified atom stereocenters. The van der Waals surface area contributed by atoms with Gasteiger partial charge in [0.05, 0.1) is 6.54 Å². The van der Waals surface area contributed by atoms with Crippen molar-refractivity contribution >= 4 is 58.8 Å². The summed E-state index contributed by atoms with van der Waals surface area (Å²) < 4.78 is 0. The van der Waals surface area contributed by atoms with Crippen molar-refractivity contribution in [2.24, 2.45) is 4.99 Å². The number of likely N-dealkylation sites (N-methyl/N-ethyl adjacent to an activating group) is 1. The molecule has 0 aliphatic rings. The highest BCUT2D eigenvalue weighted by Gasteiger charge is 2.05. The molecule has 1 amide bonds. The van der Waals surface area contributed by atoms with Crippen LogP contribution >= 0.6 is 46.9 Å². The maximum Gasteiger partial charge on any atom is 0.243 e. The average molecular weight is 507 g/mol. The summed E-state index contributed by atoms with van der Waals surface area (Å²) in [7, 11) is 3.45. The van der Waals surface area contributed by atoms with Crippen LogP contribution in [0.15, 0.2) is 46.8 Å². The van der Waals surface area contributed by atoms with Crippen LogP contribution in [0.4, 0.5) is 0 Å². The summed E-state index contributed by atoms with van der Waals surface area (Å²) in [5.74, 6) is 0.595. The van der Waals surface area contributed by atoms with Crippen molar-refractivity contribution in [1.82, 2.24) is 15.5 Å². The summed E-state index contributed by atoms with van der Waals surface area (Å²) in [6.07, 6.45) is 0.821. The van der Waals surface area contributed by atoms with Gasteiger partial charge in [-0.1, -0.05) is 29.8 Å². The van der Waals surface area contributed by atoms with Crippen molar-refractivity contribution in [2.45, 2.75) is 13.0 Å². The first-order chi connectivity index (χ1) is 12.0. The molecule has 0 radical (unpaired) electrons. The van der Waals surface area contributed by atoms with Crippen LogP contribution in [-0.2, 0) is 17.8 Å². The number of halogens is 2. The van der Waals surface area contributed by atoms with E-state index in [0.29, 0.717) is 19.0 Å². The van der Waals surface area contributed by atoms with E-state index in [0.717, 1.165) is 17.0 Å². The lowest BCUT2D eigenvalue weighted by atomic mass is 10.1. The Hall–Kier alpha value is -1.32. The molecule has 0 saturated carbocycles. The molecule has 0 spiro atoms.